The maximum absolute atomic E-state index is 6.81. The Kier molecular flexibility index (Phi) is 5.89. The molecule has 0 aliphatic rings. The number of hydrogen-bond acceptors (Lipinski definition) is 4. The van der Waals surface area contributed by atoms with E-state index in [2.05, 4.69) is 108 Å². The van der Waals surface area contributed by atoms with Crippen LogP contribution in [-0.4, -0.2) is 14.5 Å². The van der Waals surface area contributed by atoms with Gasteiger partial charge < -0.3 is 8.83 Å². The summed E-state index contributed by atoms with van der Waals surface area (Å²) in [5, 5.41) is 6.53. The predicted octanol–water partition coefficient (Wildman–Crippen LogP) is 12.4. The van der Waals surface area contributed by atoms with Crippen molar-refractivity contribution in [2.45, 2.75) is 0 Å². The molecule has 5 heteroatoms. The van der Waals surface area contributed by atoms with E-state index in [-0.39, 0.29) is 0 Å². The van der Waals surface area contributed by atoms with Crippen LogP contribution in [0.25, 0.3) is 105 Å². The topological polar surface area (TPSA) is 57.0 Å². The number of fused-ring (bicyclic) bond motifs is 10. The molecule has 0 radical (unpaired) electrons. The van der Waals surface area contributed by atoms with Gasteiger partial charge in [-0.3, -0.25) is 4.57 Å². The van der Waals surface area contributed by atoms with E-state index in [1.807, 2.05) is 60.7 Å². The standard InChI is InChI=1S/C46H27N3O2/c1-3-13-28(14-4-1)37-27-42(48-46(47-37)29-15-5-2-6-16-29)49-38-20-10-7-19-33(38)43-34(26-36-32-18-9-12-22-40(32)51-45(36)44(43)49)30-23-24-41-35(25-30)31-17-8-11-21-39(31)50-41/h1-27H. The van der Waals surface area contributed by atoms with Crippen molar-refractivity contribution in [2.24, 2.45) is 0 Å². The Bertz CT molecular complexity index is 3080. The summed E-state index contributed by atoms with van der Waals surface area (Å²) in [6.45, 7) is 0. The smallest absolute Gasteiger partial charge is 0.162 e. The molecule has 0 N–H and O–H groups in total. The number of nitrogens with zero attached hydrogens (tertiary/aromatic N) is 3. The molecule has 0 aliphatic carbocycles. The van der Waals surface area contributed by atoms with Crippen LogP contribution >= 0.6 is 0 Å². The molecule has 0 bridgehead atoms. The van der Waals surface area contributed by atoms with Crippen LogP contribution in [0.2, 0.25) is 0 Å². The molecule has 0 aliphatic heterocycles. The molecule has 4 aromatic heterocycles. The molecule has 0 atom stereocenters. The number of aromatic nitrogens is 3. The number of rotatable bonds is 4. The van der Waals surface area contributed by atoms with Gasteiger partial charge in [-0.2, -0.15) is 0 Å². The molecule has 0 spiro atoms. The van der Waals surface area contributed by atoms with Gasteiger partial charge in [-0.15, -0.1) is 0 Å². The van der Waals surface area contributed by atoms with E-state index in [1.54, 1.807) is 0 Å². The monoisotopic (exact) mass is 653 g/mol. The highest BCUT2D eigenvalue weighted by Gasteiger charge is 2.24. The lowest BCUT2D eigenvalue weighted by atomic mass is 9.95. The van der Waals surface area contributed by atoms with Crippen molar-refractivity contribution in [3.05, 3.63) is 164 Å². The van der Waals surface area contributed by atoms with Gasteiger partial charge in [-0.1, -0.05) is 121 Å². The summed E-state index contributed by atoms with van der Waals surface area (Å²) >= 11 is 0. The first-order chi connectivity index (χ1) is 25.3. The first-order valence-corrected chi connectivity index (χ1v) is 17.1. The van der Waals surface area contributed by atoms with Crippen molar-refractivity contribution in [3.63, 3.8) is 0 Å². The third kappa shape index (κ3) is 4.22. The first-order valence-electron chi connectivity index (χ1n) is 17.1. The summed E-state index contributed by atoms with van der Waals surface area (Å²) < 4.78 is 15.3. The second-order valence-electron chi connectivity index (χ2n) is 13.0. The Morgan fingerprint density at radius 1 is 0.431 bits per heavy atom. The van der Waals surface area contributed by atoms with Crippen LogP contribution in [0.4, 0.5) is 0 Å². The highest BCUT2D eigenvalue weighted by atomic mass is 16.3. The average molecular weight is 654 g/mol. The zero-order chi connectivity index (χ0) is 33.5. The van der Waals surface area contributed by atoms with Crippen LogP contribution in [0.1, 0.15) is 0 Å². The summed E-state index contributed by atoms with van der Waals surface area (Å²) in [6.07, 6.45) is 0. The number of furan rings is 2. The Morgan fingerprint density at radius 2 is 1.06 bits per heavy atom. The summed E-state index contributed by atoms with van der Waals surface area (Å²) in [4.78, 5) is 10.4. The summed E-state index contributed by atoms with van der Waals surface area (Å²) in [5.41, 5.74) is 10.5. The van der Waals surface area contributed by atoms with Gasteiger partial charge in [0.15, 0.2) is 11.4 Å². The molecular weight excluding hydrogens is 627 g/mol. The van der Waals surface area contributed by atoms with E-state index in [1.165, 1.54) is 0 Å². The molecule has 4 heterocycles. The van der Waals surface area contributed by atoms with E-state index in [0.717, 1.165) is 99.4 Å². The lowest BCUT2D eigenvalue weighted by molar-refractivity contribution is 0.669. The summed E-state index contributed by atoms with van der Waals surface area (Å²) in [5.74, 6) is 1.43. The molecule has 238 valence electrons. The van der Waals surface area contributed by atoms with E-state index in [4.69, 9.17) is 18.8 Å². The van der Waals surface area contributed by atoms with Crippen molar-refractivity contribution in [1.29, 1.82) is 0 Å². The number of hydrogen-bond donors (Lipinski definition) is 0. The maximum Gasteiger partial charge on any atom is 0.162 e. The van der Waals surface area contributed by atoms with Gasteiger partial charge in [0, 0.05) is 49.5 Å². The molecule has 0 saturated heterocycles. The molecule has 11 rings (SSSR count). The highest BCUT2D eigenvalue weighted by Crippen LogP contribution is 2.46. The van der Waals surface area contributed by atoms with Gasteiger partial charge in [-0.25, -0.2) is 9.97 Å². The van der Waals surface area contributed by atoms with Gasteiger partial charge in [0.05, 0.1) is 16.7 Å². The van der Waals surface area contributed by atoms with Gasteiger partial charge in [0.1, 0.15) is 22.6 Å². The molecule has 7 aromatic carbocycles. The van der Waals surface area contributed by atoms with Crippen molar-refractivity contribution < 1.29 is 8.83 Å². The number of benzene rings is 7. The van der Waals surface area contributed by atoms with Crippen LogP contribution in [0.3, 0.4) is 0 Å². The minimum absolute atomic E-state index is 0.659. The third-order valence-corrected chi connectivity index (χ3v) is 10.0. The van der Waals surface area contributed by atoms with Crippen molar-refractivity contribution in [1.82, 2.24) is 14.5 Å². The normalized spacial score (nSPS) is 11.9. The van der Waals surface area contributed by atoms with Crippen molar-refractivity contribution in [3.8, 4) is 39.6 Å². The molecule has 11 aromatic rings. The Balaban J connectivity index is 1.30. The third-order valence-electron chi connectivity index (χ3n) is 10.0. The fourth-order valence-electron chi connectivity index (χ4n) is 7.71. The Morgan fingerprint density at radius 3 is 1.84 bits per heavy atom. The zero-order valence-corrected chi connectivity index (χ0v) is 27.2. The molecule has 51 heavy (non-hydrogen) atoms. The first kappa shape index (κ1) is 27.9. The fourth-order valence-corrected chi connectivity index (χ4v) is 7.71. The van der Waals surface area contributed by atoms with Crippen molar-refractivity contribution in [2.75, 3.05) is 0 Å². The lowest BCUT2D eigenvalue weighted by Crippen LogP contribution is -2.02. The summed E-state index contributed by atoms with van der Waals surface area (Å²) in [6, 6.07) is 56.5. The van der Waals surface area contributed by atoms with Gasteiger partial charge >= 0.3 is 0 Å². The average Bonchev–Trinajstić information content (AvgIpc) is 3.88. The van der Waals surface area contributed by atoms with E-state index in [9.17, 15) is 0 Å². The quantitative estimate of drug-likeness (QED) is 0.190. The van der Waals surface area contributed by atoms with Crippen LogP contribution < -0.4 is 0 Å². The minimum Gasteiger partial charge on any atom is -0.456 e. The van der Waals surface area contributed by atoms with Gasteiger partial charge in [0.25, 0.3) is 0 Å². The molecule has 0 saturated carbocycles. The van der Waals surface area contributed by atoms with Crippen LogP contribution in [-0.2, 0) is 0 Å². The van der Waals surface area contributed by atoms with E-state index in [0.29, 0.717) is 5.82 Å². The fraction of sp³-hybridized carbons (Fsp3) is 0. The van der Waals surface area contributed by atoms with Gasteiger partial charge in [-0.05, 0) is 47.5 Å². The lowest BCUT2D eigenvalue weighted by Gasteiger charge is -2.13. The number of para-hydroxylation sites is 3. The van der Waals surface area contributed by atoms with E-state index < -0.39 is 0 Å². The van der Waals surface area contributed by atoms with Crippen LogP contribution in [0.15, 0.2) is 173 Å². The second-order valence-corrected chi connectivity index (χ2v) is 13.0. The van der Waals surface area contributed by atoms with Crippen molar-refractivity contribution >= 4 is 65.7 Å². The summed E-state index contributed by atoms with van der Waals surface area (Å²) in [7, 11) is 0. The highest BCUT2D eigenvalue weighted by molar-refractivity contribution is 6.26. The minimum atomic E-state index is 0.659. The molecular formula is C46H27N3O2. The van der Waals surface area contributed by atoms with Gasteiger partial charge in [0.2, 0.25) is 0 Å². The zero-order valence-electron chi connectivity index (χ0n) is 27.2. The van der Waals surface area contributed by atoms with Crippen LogP contribution in [0, 0.1) is 0 Å². The largest absolute Gasteiger partial charge is 0.456 e. The van der Waals surface area contributed by atoms with Crippen LogP contribution in [0.5, 0.6) is 0 Å². The Hall–Kier alpha value is -6.98. The molecule has 5 nitrogen and oxygen atoms in total. The Labute approximate surface area is 291 Å². The van der Waals surface area contributed by atoms with E-state index >= 15 is 0 Å². The molecule has 0 fully saturated rings. The maximum atomic E-state index is 6.81. The second kappa shape index (κ2) is 10.8. The predicted molar refractivity (Wildman–Crippen MR) is 207 cm³/mol. The molecule has 0 unspecified atom stereocenters. The molecule has 0 amide bonds. The SMILES string of the molecule is c1ccc(-c2cc(-n3c4ccccc4c4c(-c5ccc6oc7ccccc7c6c5)cc5c6ccccc6oc5c43)nc(-c3ccccc3)n2)cc1.